The van der Waals surface area contributed by atoms with Gasteiger partial charge in [-0.15, -0.1) is 0 Å². The van der Waals surface area contributed by atoms with E-state index in [9.17, 15) is 12.8 Å². The average molecular weight is 399 g/mol. The second kappa shape index (κ2) is 7.42. The Kier molecular flexibility index (Phi) is 5.41. The van der Waals surface area contributed by atoms with Gasteiger partial charge in [0, 0.05) is 36.9 Å². The highest BCUT2D eigenvalue weighted by Gasteiger charge is 2.31. The number of anilines is 1. The topological polar surface area (TPSA) is 49.9 Å². The van der Waals surface area contributed by atoms with Gasteiger partial charge >= 0.3 is 0 Å². The van der Waals surface area contributed by atoms with Crippen molar-refractivity contribution < 1.29 is 17.5 Å². The molecule has 0 bridgehead atoms. The number of ether oxygens (including phenoxy) is 1. The molecule has 0 N–H and O–H groups in total. The maximum absolute atomic E-state index is 13.6. The molecule has 1 aliphatic heterocycles. The summed E-state index contributed by atoms with van der Waals surface area (Å²) in [6, 6.07) is 9.17. The van der Waals surface area contributed by atoms with E-state index in [1.807, 2.05) is 25.1 Å². The molecule has 0 unspecified atom stereocenters. The minimum atomic E-state index is -3.84. The fourth-order valence-electron chi connectivity index (χ4n) is 3.08. The molecule has 0 radical (unpaired) electrons. The normalized spacial score (nSPS) is 15.9. The Morgan fingerprint density at radius 3 is 2.42 bits per heavy atom. The van der Waals surface area contributed by atoms with Crippen LogP contribution in [0, 0.1) is 12.7 Å². The van der Waals surface area contributed by atoms with Crippen molar-refractivity contribution in [3.8, 4) is 5.75 Å². The zero-order valence-electron chi connectivity index (χ0n) is 14.6. The van der Waals surface area contributed by atoms with Gasteiger partial charge in [-0.05, 0) is 42.8 Å². The summed E-state index contributed by atoms with van der Waals surface area (Å²) in [6.45, 7) is 3.64. The van der Waals surface area contributed by atoms with E-state index in [0.29, 0.717) is 31.2 Å². The van der Waals surface area contributed by atoms with Gasteiger partial charge in [-0.3, -0.25) is 0 Å². The summed E-state index contributed by atoms with van der Waals surface area (Å²) in [6.07, 6.45) is 0. The van der Waals surface area contributed by atoms with E-state index in [4.69, 9.17) is 16.3 Å². The van der Waals surface area contributed by atoms with E-state index in [-0.39, 0.29) is 10.6 Å². The molecule has 1 fully saturated rings. The molecule has 0 atom stereocenters. The largest absolute Gasteiger partial charge is 0.495 e. The smallest absolute Gasteiger partial charge is 0.246 e. The molecule has 140 valence electrons. The van der Waals surface area contributed by atoms with Crippen LogP contribution in [0.5, 0.6) is 5.75 Å². The standard InChI is InChI=1S/C18H20ClFN2O3S/c1-13-3-4-14(19)11-16(13)21-7-9-22(10-8-21)26(23,24)18-12-15(20)5-6-17(18)25-2/h3-6,11-12H,7-10H2,1-2H3. The van der Waals surface area contributed by atoms with Gasteiger partial charge in [0.15, 0.2) is 0 Å². The zero-order chi connectivity index (χ0) is 18.9. The summed E-state index contributed by atoms with van der Waals surface area (Å²) in [5.74, 6) is -0.475. The van der Waals surface area contributed by atoms with Crippen molar-refractivity contribution >= 4 is 27.3 Å². The molecule has 0 aromatic heterocycles. The Hall–Kier alpha value is -1.83. The number of nitrogens with zero attached hydrogens (tertiary/aromatic N) is 2. The monoisotopic (exact) mass is 398 g/mol. The number of aryl methyl sites for hydroxylation is 1. The maximum Gasteiger partial charge on any atom is 0.246 e. The van der Waals surface area contributed by atoms with Crippen molar-refractivity contribution in [2.45, 2.75) is 11.8 Å². The number of halogens is 2. The lowest BCUT2D eigenvalue weighted by Gasteiger charge is -2.36. The Morgan fingerprint density at radius 1 is 1.08 bits per heavy atom. The molecule has 1 aliphatic rings. The number of sulfonamides is 1. The van der Waals surface area contributed by atoms with Crippen LogP contribution in [-0.2, 0) is 10.0 Å². The molecular formula is C18H20ClFN2O3S. The van der Waals surface area contributed by atoms with Gasteiger partial charge in [0.2, 0.25) is 10.0 Å². The minimum absolute atomic E-state index is 0.138. The molecule has 0 spiro atoms. The van der Waals surface area contributed by atoms with Crippen LogP contribution in [0.4, 0.5) is 10.1 Å². The number of rotatable bonds is 4. The first-order chi connectivity index (χ1) is 12.3. The van der Waals surface area contributed by atoms with Crippen LogP contribution in [0.1, 0.15) is 5.56 Å². The molecule has 2 aromatic carbocycles. The first-order valence-corrected chi connectivity index (χ1v) is 9.99. The molecule has 1 saturated heterocycles. The summed E-state index contributed by atoms with van der Waals surface area (Å²) < 4.78 is 45.9. The number of hydrogen-bond acceptors (Lipinski definition) is 4. The van der Waals surface area contributed by atoms with E-state index >= 15 is 0 Å². The van der Waals surface area contributed by atoms with Crippen LogP contribution in [0.15, 0.2) is 41.3 Å². The number of hydrogen-bond donors (Lipinski definition) is 0. The lowest BCUT2D eigenvalue weighted by molar-refractivity contribution is 0.373. The van der Waals surface area contributed by atoms with Crippen LogP contribution in [0.2, 0.25) is 5.02 Å². The maximum atomic E-state index is 13.6. The summed E-state index contributed by atoms with van der Waals surface area (Å²) in [7, 11) is -2.47. The minimum Gasteiger partial charge on any atom is -0.495 e. The van der Waals surface area contributed by atoms with E-state index in [1.165, 1.54) is 23.5 Å². The van der Waals surface area contributed by atoms with E-state index in [0.717, 1.165) is 17.3 Å². The van der Waals surface area contributed by atoms with Gasteiger partial charge in [-0.25, -0.2) is 12.8 Å². The third-order valence-corrected chi connectivity index (χ3v) is 6.65. The summed E-state index contributed by atoms with van der Waals surface area (Å²) in [5.41, 5.74) is 2.08. The molecule has 26 heavy (non-hydrogen) atoms. The SMILES string of the molecule is COc1ccc(F)cc1S(=O)(=O)N1CCN(c2cc(Cl)ccc2C)CC1. The fourth-order valence-corrected chi connectivity index (χ4v) is 4.84. The molecular weight excluding hydrogens is 379 g/mol. The molecule has 3 rings (SSSR count). The van der Waals surface area contributed by atoms with E-state index < -0.39 is 15.8 Å². The van der Waals surface area contributed by atoms with Crippen molar-refractivity contribution in [1.82, 2.24) is 4.31 Å². The molecule has 1 heterocycles. The quantitative estimate of drug-likeness (QED) is 0.792. The first kappa shape index (κ1) is 18.9. The Bertz CT molecular complexity index is 913. The van der Waals surface area contributed by atoms with Crippen molar-refractivity contribution in [3.63, 3.8) is 0 Å². The lowest BCUT2D eigenvalue weighted by atomic mass is 10.1. The molecule has 0 saturated carbocycles. The zero-order valence-corrected chi connectivity index (χ0v) is 16.1. The molecule has 0 amide bonds. The molecule has 8 heteroatoms. The molecule has 2 aromatic rings. The predicted molar refractivity (Wildman–Crippen MR) is 100 cm³/mol. The Morgan fingerprint density at radius 2 is 1.77 bits per heavy atom. The third kappa shape index (κ3) is 3.65. The number of piperazine rings is 1. The first-order valence-electron chi connectivity index (χ1n) is 8.17. The Labute approximate surface area is 158 Å². The van der Waals surface area contributed by atoms with Crippen LogP contribution >= 0.6 is 11.6 Å². The van der Waals surface area contributed by atoms with Crippen LogP contribution in [0.25, 0.3) is 0 Å². The van der Waals surface area contributed by atoms with E-state index in [2.05, 4.69) is 4.90 Å². The Balaban J connectivity index is 1.81. The van der Waals surface area contributed by atoms with Crippen molar-refractivity contribution in [3.05, 3.63) is 52.8 Å². The van der Waals surface area contributed by atoms with Crippen molar-refractivity contribution in [2.75, 3.05) is 38.2 Å². The van der Waals surface area contributed by atoms with Crippen LogP contribution in [0.3, 0.4) is 0 Å². The van der Waals surface area contributed by atoms with Gasteiger partial charge in [0.05, 0.1) is 7.11 Å². The van der Waals surface area contributed by atoms with Gasteiger partial charge in [-0.2, -0.15) is 4.31 Å². The van der Waals surface area contributed by atoms with Gasteiger partial charge in [0.25, 0.3) is 0 Å². The predicted octanol–water partition coefficient (Wildman–Crippen LogP) is 3.31. The van der Waals surface area contributed by atoms with E-state index in [1.54, 1.807) is 0 Å². The van der Waals surface area contributed by atoms with Crippen LogP contribution in [-0.4, -0.2) is 46.0 Å². The fraction of sp³-hybridized carbons (Fsp3) is 0.333. The highest BCUT2D eigenvalue weighted by Crippen LogP contribution is 2.30. The highest BCUT2D eigenvalue weighted by atomic mass is 35.5. The van der Waals surface area contributed by atoms with Gasteiger partial charge in [0.1, 0.15) is 16.5 Å². The van der Waals surface area contributed by atoms with Gasteiger partial charge in [-0.1, -0.05) is 17.7 Å². The van der Waals surface area contributed by atoms with Crippen LogP contribution < -0.4 is 9.64 Å². The summed E-state index contributed by atoms with van der Waals surface area (Å²) >= 11 is 6.08. The van der Waals surface area contributed by atoms with Crippen molar-refractivity contribution in [1.29, 1.82) is 0 Å². The lowest BCUT2D eigenvalue weighted by Crippen LogP contribution is -2.48. The second-order valence-electron chi connectivity index (χ2n) is 6.12. The highest BCUT2D eigenvalue weighted by molar-refractivity contribution is 7.89. The average Bonchev–Trinajstić information content (AvgIpc) is 2.64. The second-order valence-corrected chi connectivity index (χ2v) is 8.46. The molecule has 5 nitrogen and oxygen atoms in total. The number of benzene rings is 2. The molecule has 0 aliphatic carbocycles. The van der Waals surface area contributed by atoms with Crippen molar-refractivity contribution in [2.24, 2.45) is 0 Å². The summed E-state index contributed by atoms with van der Waals surface area (Å²) in [4.78, 5) is 1.96. The summed E-state index contributed by atoms with van der Waals surface area (Å²) in [5, 5.41) is 0.644. The number of methoxy groups -OCH3 is 1. The van der Waals surface area contributed by atoms with Gasteiger partial charge < -0.3 is 9.64 Å². The third-order valence-electron chi connectivity index (χ3n) is 4.49.